The molecule has 0 saturated carbocycles. The minimum Gasteiger partial charge on any atom is -0.367 e. The second kappa shape index (κ2) is 6.82. The van der Waals surface area contributed by atoms with Crippen molar-refractivity contribution in [3.63, 3.8) is 0 Å². The van der Waals surface area contributed by atoms with Crippen molar-refractivity contribution in [1.82, 2.24) is 10.3 Å². The van der Waals surface area contributed by atoms with E-state index in [9.17, 15) is 0 Å². The number of halogens is 2. The van der Waals surface area contributed by atoms with Crippen LogP contribution < -0.4 is 10.2 Å². The molecule has 0 amide bonds. The first-order valence-electron chi connectivity index (χ1n) is 7.25. The van der Waals surface area contributed by atoms with Gasteiger partial charge in [0.25, 0.3) is 0 Å². The van der Waals surface area contributed by atoms with Gasteiger partial charge in [-0.1, -0.05) is 24.6 Å². The number of nitrogens with zero attached hydrogens (tertiary/aromatic N) is 2. The summed E-state index contributed by atoms with van der Waals surface area (Å²) in [5, 5.41) is 5.37. The Kier molecular flexibility index (Phi) is 5.31. The van der Waals surface area contributed by atoms with Gasteiger partial charge in [0.2, 0.25) is 0 Å². The standard InChI is InChI=1S/C16H20ClN3.ClH/c1-3-12-4-5-14-13(10-12)16(15(17)11(2)19-14)20-8-6-18-7-9-20;/h4-5,10,18H,3,6-9H2,1-2H3;1H. The van der Waals surface area contributed by atoms with E-state index >= 15 is 0 Å². The number of benzene rings is 1. The van der Waals surface area contributed by atoms with E-state index in [1.165, 1.54) is 10.9 Å². The number of nitrogens with one attached hydrogen (secondary N) is 1. The van der Waals surface area contributed by atoms with E-state index in [2.05, 4.69) is 40.3 Å². The molecule has 1 aliphatic rings. The molecule has 0 aliphatic carbocycles. The Hall–Kier alpha value is -1.03. The van der Waals surface area contributed by atoms with Crippen LogP contribution in [0.3, 0.4) is 0 Å². The Balaban J connectivity index is 0.00000161. The lowest BCUT2D eigenvalue weighted by atomic mass is 10.1. The molecule has 0 spiro atoms. The highest BCUT2D eigenvalue weighted by Crippen LogP contribution is 2.36. The summed E-state index contributed by atoms with van der Waals surface area (Å²) in [6.07, 6.45) is 1.03. The van der Waals surface area contributed by atoms with Crippen molar-refractivity contribution >= 4 is 40.6 Å². The van der Waals surface area contributed by atoms with Gasteiger partial charge in [-0.3, -0.25) is 4.98 Å². The molecule has 0 unspecified atom stereocenters. The highest BCUT2D eigenvalue weighted by molar-refractivity contribution is 6.35. The van der Waals surface area contributed by atoms with Crippen molar-refractivity contribution in [2.24, 2.45) is 0 Å². The first-order valence-corrected chi connectivity index (χ1v) is 7.63. The Morgan fingerprint density at radius 3 is 2.67 bits per heavy atom. The maximum absolute atomic E-state index is 6.58. The van der Waals surface area contributed by atoms with E-state index in [1.54, 1.807) is 0 Å². The fraction of sp³-hybridized carbons (Fsp3) is 0.438. The summed E-state index contributed by atoms with van der Waals surface area (Å²) in [6.45, 7) is 8.17. The first kappa shape index (κ1) is 16.3. The predicted molar refractivity (Wildman–Crippen MR) is 93.2 cm³/mol. The van der Waals surface area contributed by atoms with Crippen LogP contribution in [0.4, 0.5) is 5.69 Å². The number of rotatable bonds is 2. The van der Waals surface area contributed by atoms with Gasteiger partial charge >= 0.3 is 0 Å². The molecule has 21 heavy (non-hydrogen) atoms. The summed E-state index contributed by atoms with van der Waals surface area (Å²) in [5.41, 5.74) is 4.44. The van der Waals surface area contributed by atoms with Crippen LogP contribution in [0.25, 0.3) is 10.9 Å². The maximum Gasteiger partial charge on any atom is 0.0858 e. The van der Waals surface area contributed by atoms with Crippen LogP contribution >= 0.6 is 24.0 Å². The first-order chi connectivity index (χ1) is 9.70. The van der Waals surface area contributed by atoms with Gasteiger partial charge in [-0.25, -0.2) is 0 Å². The van der Waals surface area contributed by atoms with E-state index in [1.807, 2.05) is 6.92 Å². The second-order valence-electron chi connectivity index (χ2n) is 5.30. The Labute approximate surface area is 137 Å². The fourth-order valence-electron chi connectivity index (χ4n) is 2.81. The van der Waals surface area contributed by atoms with Crippen molar-refractivity contribution in [1.29, 1.82) is 0 Å². The topological polar surface area (TPSA) is 28.2 Å². The van der Waals surface area contributed by atoms with Gasteiger partial charge < -0.3 is 10.2 Å². The summed E-state index contributed by atoms with van der Waals surface area (Å²) >= 11 is 6.58. The molecule has 1 saturated heterocycles. The Morgan fingerprint density at radius 1 is 1.29 bits per heavy atom. The van der Waals surface area contributed by atoms with Crippen LogP contribution in [0.15, 0.2) is 18.2 Å². The van der Waals surface area contributed by atoms with Crippen LogP contribution in [-0.2, 0) is 6.42 Å². The van der Waals surface area contributed by atoms with Crippen LogP contribution in [-0.4, -0.2) is 31.2 Å². The predicted octanol–water partition coefficient (Wildman–Crippen LogP) is 3.59. The lowest BCUT2D eigenvalue weighted by molar-refractivity contribution is 0.590. The third-order valence-corrected chi connectivity index (χ3v) is 4.42. The SMILES string of the molecule is CCc1ccc2nc(C)c(Cl)c(N3CCNCC3)c2c1.Cl. The van der Waals surface area contributed by atoms with Crippen molar-refractivity contribution < 1.29 is 0 Å². The maximum atomic E-state index is 6.58. The van der Waals surface area contributed by atoms with E-state index in [4.69, 9.17) is 11.6 Å². The zero-order valence-electron chi connectivity index (χ0n) is 12.4. The largest absolute Gasteiger partial charge is 0.367 e. The van der Waals surface area contributed by atoms with E-state index in [0.29, 0.717) is 0 Å². The molecule has 1 aromatic heterocycles. The Bertz CT molecular complexity index is 637. The van der Waals surface area contributed by atoms with Gasteiger partial charge in [-0.15, -0.1) is 12.4 Å². The molecule has 0 radical (unpaired) electrons. The normalized spacial score (nSPS) is 15.1. The molecule has 114 valence electrons. The number of hydrogen-bond donors (Lipinski definition) is 1. The molecule has 1 aromatic carbocycles. The van der Waals surface area contributed by atoms with Crippen molar-refractivity contribution in [3.05, 3.63) is 34.5 Å². The quantitative estimate of drug-likeness (QED) is 0.914. The smallest absolute Gasteiger partial charge is 0.0858 e. The average molecular weight is 326 g/mol. The summed E-state index contributed by atoms with van der Waals surface area (Å²) in [4.78, 5) is 7.02. The minimum absolute atomic E-state index is 0. The summed E-state index contributed by atoms with van der Waals surface area (Å²) in [6, 6.07) is 6.51. The molecular weight excluding hydrogens is 305 g/mol. The van der Waals surface area contributed by atoms with Crippen molar-refractivity contribution in [2.45, 2.75) is 20.3 Å². The molecule has 5 heteroatoms. The minimum atomic E-state index is 0. The molecule has 1 fully saturated rings. The molecule has 0 bridgehead atoms. The fourth-order valence-corrected chi connectivity index (χ4v) is 3.07. The van der Waals surface area contributed by atoms with E-state index in [0.717, 1.165) is 54.5 Å². The molecule has 2 aromatic rings. The van der Waals surface area contributed by atoms with Crippen LogP contribution in [0.5, 0.6) is 0 Å². The summed E-state index contributed by atoms with van der Waals surface area (Å²) in [7, 11) is 0. The van der Waals surface area contributed by atoms with E-state index in [-0.39, 0.29) is 12.4 Å². The van der Waals surface area contributed by atoms with Crippen LogP contribution in [0, 0.1) is 6.92 Å². The second-order valence-corrected chi connectivity index (χ2v) is 5.68. The van der Waals surface area contributed by atoms with Crippen LogP contribution in [0.1, 0.15) is 18.2 Å². The monoisotopic (exact) mass is 325 g/mol. The number of pyridine rings is 1. The van der Waals surface area contributed by atoms with Gasteiger partial charge in [0, 0.05) is 31.6 Å². The molecular formula is C16H21Cl2N3. The number of hydrogen-bond acceptors (Lipinski definition) is 3. The Morgan fingerprint density at radius 2 is 2.00 bits per heavy atom. The molecule has 2 heterocycles. The number of anilines is 1. The number of aryl methyl sites for hydroxylation is 2. The zero-order valence-corrected chi connectivity index (χ0v) is 14.0. The third-order valence-electron chi connectivity index (χ3n) is 3.97. The molecule has 0 atom stereocenters. The number of piperazine rings is 1. The highest BCUT2D eigenvalue weighted by Gasteiger charge is 2.19. The molecule has 3 nitrogen and oxygen atoms in total. The number of fused-ring (bicyclic) bond motifs is 1. The summed E-state index contributed by atoms with van der Waals surface area (Å²) in [5.74, 6) is 0. The lowest BCUT2D eigenvalue weighted by Crippen LogP contribution is -2.43. The summed E-state index contributed by atoms with van der Waals surface area (Å²) < 4.78 is 0. The molecule has 1 N–H and O–H groups in total. The number of aromatic nitrogens is 1. The van der Waals surface area contributed by atoms with Crippen molar-refractivity contribution in [3.8, 4) is 0 Å². The highest BCUT2D eigenvalue weighted by atomic mass is 35.5. The molecule has 3 rings (SSSR count). The van der Waals surface area contributed by atoms with Crippen LogP contribution in [0.2, 0.25) is 5.02 Å². The van der Waals surface area contributed by atoms with Gasteiger partial charge in [-0.2, -0.15) is 0 Å². The van der Waals surface area contributed by atoms with Gasteiger partial charge in [0.1, 0.15) is 0 Å². The van der Waals surface area contributed by atoms with Gasteiger partial charge in [0.15, 0.2) is 0 Å². The van der Waals surface area contributed by atoms with Gasteiger partial charge in [-0.05, 0) is 31.0 Å². The third kappa shape index (κ3) is 3.10. The van der Waals surface area contributed by atoms with Crippen molar-refractivity contribution in [2.75, 3.05) is 31.1 Å². The zero-order chi connectivity index (χ0) is 14.1. The molecule has 1 aliphatic heterocycles. The van der Waals surface area contributed by atoms with E-state index < -0.39 is 0 Å². The lowest BCUT2D eigenvalue weighted by Gasteiger charge is -2.31. The average Bonchev–Trinajstić information content (AvgIpc) is 2.49. The van der Waals surface area contributed by atoms with Gasteiger partial charge in [0.05, 0.1) is 21.9 Å².